The summed E-state index contributed by atoms with van der Waals surface area (Å²) >= 11 is 0. The third kappa shape index (κ3) is 3.34. The minimum Gasteiger partial charge on any atom is -0.497 e. The Hall–Kier alpha value is -3.28. The lowest BCUT2D eigenvalue weighted by Gasteiger charge is -2.44. The molecule has 1 fully saturated rings. The molecule has 2 aliphatic rings. The van der Waals surface area contributed by atoms with Crippen LogP contribution in [0.25, 0.3) is 10.9 Å². The van der Waals surface area contributed by atoms with Gasteiger partial charge >= 0.3 is 0 Å². The molecule has 1 aromatic heterocycles. The molecule has 0 bridgehead atoms. The summed E-state index contributed by atoms with van der Waals surface area (Å²) in [6, 6.07) is 17.4. The summed E-state index contributed by atoms with van der Waals surface area (Å²) < 4.78 is 7.40. The number of fused-ring (bicyclic) bond motifs is 3. The number of nitrogens with zero attached hydrogens (tertiary/aromatic N) is 2. The van der Waals surface area contributed by atoms with Crippen LogP contribution in [-0.2, 0) is 11.3 Å². The fourth-order valence-corrected chi connectivity index (χ4v) is 5.19. The zero-order chi connectivity index (χ0) is 22.3. The van der Waals surface area contributed by atoms with Gasteiger partial charge in [-0.2, -0.15) is 0 Å². The Labute approximate surface area is 188 Å². The van der Waals surface area contributed by atoms with Gasteiger partial charge in [-0.05, 0) is 44.0 Å². The highest BCUT2D eigenvalue weighted by atomic mass is 16.5. The van der Waals surface area contributed by atoms with Crippen LogP contribution in [0.1, 0.15) is 49.5 Å². The molecule has 0 unspecified atom stereocenters. The van der Waals surface area contributed by atoms with Crippen molar-refractivity contribution in [1.82, 2.24) is 9.88 Å². The Morgan fingerprint density at radius 1 is 1.06 bits per heavy atom. The summed E-state index contributed by atoms with van der Waals surface area (Å²) in [5, 5.41) is 4.27. The molecule has 5 rings (SSSR count). The van der Waals surface area contributed by atoms with Crippen LogP contribution in [0.2, 0.25) is 0 Å². The number of rotatable bonds is 4. The molecule has 0 radical (unpaired) electrons. The maximum absolute atomic E-state index is 13.9. The van der Waals surface area contributed by atoms with Crippen LogP contribution in [0.5, 0.6) is 5.75 Å². The topological polar surface area (TPSA) is 63.6 Å². The van der Waals surface area contributed by atoms with Crippen LogP contribution in [-0.4, -0.2) is 35.1 Å². The lowest BCUT2D eigenvalue weighted by molar-refractivity contribution is -0.127. The van der Waals surface area contributed by atoms with Gasteiger partial charge in [0.15, 0.2) is 0 Å². The molecule has 166 valence electrons. The number of benzene rings is 2. The summed E-state index contributed by atoms with van der Waals surface area (Å²) in [5.41, 5.74) is 1.15. The highest BCUT2D eigenvalue weighted by molar-refractivity contribution is 6.14. The van der Waals surface area contributed by atoms with Gasteiger partial charge in [0.1, 0.15) is 17.0 Å². The molecular weight excluding hydrogens is 402 g/mol. The standard InChI is InChI=1S/C26H29N3O3/c1-26(25(31)27-19-10-4-3-5-11-19)17-28-22-14-7-6-9-18(22)15-23(28)24(30)29(26)20-12-8-13-21(16-20)32-2/h6-9,12-16,19H,3-5,10-11,17H2,1-2H3,(H,27,31)/t26-/m1/s1. The normalized spacial score (nSPS) is 21.4. The first-order chi connectivity index (χ1) is 15.5. The van der Waals surface area contributed by atoms with Crippen molar-refractivity contribution in [3.8, 4) is 5.75 Å². The van der Waals surface area contributed by atoms with Crippen molar-refractivity contribution < 1.29 is 14.3 Å². The first-order valence-corrected chi connectivity index (χ1v) is 11.4. The van der Waals surface area contributed by atoms with Gasteiger partial charge in [0.2, 0.25) is 5.91 Å². The third-order valence-electron chi connectivity index (χ3n) is 6.93. The van der Waals surface area contributed by atoms with Gasteiger partial charge in [-0.1, -0.05) is 43.5 Å². The predicted molar refractivity (Wildman–Crippen MR) is 125 cm³/mol. The van der Waals surface area contributed by atoms with Gasteiger partial charge in [-0.3, -0.25) is 14.5 Å². The van der Waals surface area contributed by atoms with Crippen LogP contribution in [0.4, 0.5) is 5.69 Å². The highest BCUT2D eigenvalue weighted by Crippen LogP contribution is 2.37. The zero-order valence-corrected chi connectivity index (χ0v) is 18.6. The summed E-state index contributed by atoms with van der Waals surface area (Å²) in [5.74, 6) is 0.363. The highest BCUT2D eigenvalue weighted by Gasteiger charge is 2.49. The smallest absolute Gasteiger partial charge is 0.275 e. The van der Waals surface area contributed by atoms with Crippen LogP contribution < -0.4 is 15.0 Å². The second kappa shape index (κ2) is 8.01. The summed E-state index contributed by atoms with van der Waals surface area (Å²) in [6.07, 6.45) is 5.47. The molecular formula is C26H29N3O3. The predicted octanol–water partition coefficient (Wildman–Crippen LogP) is 4.52. The van der Waals surface area contributed by atoms with Crippen LogP contribution >= 0.6 is 0 Å². The first kappa shape index (κ1) is 20.6. The summed E-state index contributed by atoms with van der Waals surface area (Å²) in [6.45, 7) is 2.26. The number of para-hydroxylation sites is 1. The Balaban J connectivity index is 1.62. The Bertz CT molecular complexity index is 1180. The Morgan fingerprint density at radius 2 is 1.84 bits per heavy atom. The molecule has 1 saturated carbocycles. The van der Waals surface area contributed by atoms with Gasteiger partial charge in [-0.25, -0.2) is 0 Å². The van der Waals surface area contributed by atoms with Gasteiger partial charge < -0.3 is 14.6 Å². The number of carbonyl (C=O) groups excluding carboxylic acids is 2. The molecule has 1 aliphatic heterocycles. The number of carbonyl (C=O) groups is 2. The summed E-state index contributed by atoms with van der Waals surface area (Å²) in [7, 11) is 1.60. The quantitative estimate of drug-likeness (QED) is 0.661. The van der Waals surface area contributed by atoms with E-state index in [1.54, 1.807) is 12.0 Å². The van der Waals surface area contributed by atoms with Gasteiger partial charge in [0, 0.05) is 28.7 Å². The molecule has 6 nitrogen and oxygen atoms in total. The van der Waals surface area contributed by atoms with E-state index in [9.17, 15) is 9.59 Å². The van der Waals surface area contributed by atoms with Crippen LogP contribution in [0.3, 0.4) is 0 Å². The molecule has 2 amide bonds. The number of anilines is 1. The van der Waals surface area contributed by atoms with Crippen molar-refractivity contribution in [1.29, 1.82) is 0 Å². The molecule has 1 aliphatic carbocycles. The van der Waals surface area contributed by atoms with E-state index in [2.05, 4.69) is 5.32 Å². The fourth-order valence-electron chi connectivity index (χ4n) is 5.19. The average Bonchev–Trinajstić information content (AvgIpc) is 3.18. The SMILES string of the molecule is COc1cccc(N2C(=O)c3cc4ccccc4n3C[C@]2(C)C(=O)NC2CCCCC2)c1. The van der Waals surface area contributed by atoms with E-state index < -0.39 is 5.54 Å². The van der Waals surface area contributed by atoms with E-state index in [0.29, 0.717) is 23.7 Å². The largest absolute Gasteiger partial charge is 0.497 e. The Morgan fingerprint density at radius 3 is 2.62 bits per heavy atom. The fraction of sp³-hybridized carbons (Fsp3) is 0.385. The molecule has 3 aromatic rings. The van der Waals surface area contributed by atoms with Crippen molar-refractivity contribution in [2.75, 3.05) is 12.0 Å². The molecule has 6 heteroatoms. The van der Waals surface area contributed by atoms with Crippen molar-refractivity contribution in [2.24, 2.45) is 0 Å². The molecule has 2 aromatic carbocycles. The number of hydrogen-bond acceptors (Lipinski definition) is 3. The van der Waals surface area contributed by atoms with Crippen molar-refractivity contribution in [3.63, 3.8) is 0 Å². The van der Waals surface area contributed by atoms with Gasteiger partial charge in [0.05, 0.1) is 13.7 Å². The maximum Gasteiger partial charge on any atom is 0.275 e. The number of hydrogen-bond donors (Lipinski definition) is 1. The van der Waals surface area contributed by atoms with E-state index in [4.69, 9.17) is 4.74 Å². The van der Waals surface area contributed by atoms with Crippen LogP contribution in [0.15, 0.2) is 54.6 Å². The number of ether oxygens (including phenoxy) is 1. The van der Waals surface area contributed by atoms with Crippen LogP contribution in [0, 0.1) is 0 Å². The number of nitrogens with one attached hydrogen (secondary N) is 1. The van der Waals surface area contributed by atoms with E-state index >= 15 is 0 Å². The minimum absolute atomic E-state index is 0.107. The van der Waals surface area contributed by atoms with E-state index in [1.165, 1.54) is 6.42 Å². The van der Waals surface area contributed by atoms with Crippen molar-refractivity contribution >= 4 is 28.4 Å². The van der Waals surface area contributed by atoms with Crippen molar-refractivity contribution in [3.05, 3.63) is 60.3 Å². The lowest BCUT2D eigenvalue weighted by Crippen LogP contribution is -2.65. The Kier molecular flexibility index (Phi) is 5.16. The van der Waals surface area contributed by atoms with Crippen molar-refractivity contribution in [2.45, 2.75) is 57.2 Å². The lowest BCUT2D eigenvalue weighted by atomic mass is 9.91. The number of methoxy groups -OCH3 is 1. The van der Waals surface area contributed by atoms with E-state index in [1.807, 2.05) is 66.1 Å². The number of amides is 2. The molecule has 32 heavy (non-hydrogen) atoms. The van der Waals surface area contributed by atoms with E-state index in [0.717, 1.165) is 36.6 Å². The maximum atomic E-state index is 13.9. The van der Waals surface area contributed by atoms with Gasteiger partial charge in [-0.15, -0.1) is 0 Å². The minimum atomic E-state index is -1.07. The molecule has 1 N–H and O–H groups in total. The molecule has 0 saturated heterocycles. The first-order valence-electron chi connectivity index (χ1n) is 11.4. The molecule has 2 heterocycles. The number of aromatic nitrogens is 1. The second-order valence-corrected chi connectivity index (χ2v) is 9.10. The molecule has 0 spiro atoms. The second-order valence-electron chi connectivity index (χ2n) is 9.10. The molecule has 1 atom stereocenters. The summed E-state index contributed by atoms with van der Waals surface area (Å²) in [4.78, 5) is 29.3. The zero-order valence-electron chi connectivity index (χ0n) is 18.6. The third-order valence-corrected chi connectivity index (χ3v) is 6.93. The monoisotopic (exact) mass is 431 g/mol. The van der Waals surface area contributed by atoms with E-state index in [-0.39, 0.29) is 17.9 Å². The van der Waals surface area contributed by atoms with Gasteiger partial charge in [0.25, 0.3) is 5.91 Å². The average molecular weight is 432 g/mol.